The summed E-state index contributed by atoms with van der Waals surface area (Å²) < 4.78 is 13.2. The minimum Gasteiger partial charge on any atom is -0.398 e. The first kappa shape index (κ1) is 12.1. The number of benzene rings is 1. The zero-order chi connectivity index (χ0) is 12.6. The van der Waals surface area contributed by atoms with Crippen LogP contribution in [-0.2, 0) is 5.41 Å². The van der Waals surface area contributed by atoms with E-state index in [4.69, 9.17) is 5.73 Å². The molecule has 0 saturated carbocycles. The Bertz CT molecular complexity index is 537. The van der Waals surface area contributed by atoms with Gasteiger partial charge in [-0.3, -0.25) is 0 Å². The summed E-state index contributed by atoms with van der Waals surface area (Å²) in [5.41, 5.74) is 7.40. The molecule has 0 unspecified atom stereocenters. The molecule has 0 amide bonds. The minimum atomic E-state index is -0.250. The predicted molar refractivity (Wildman–Crippen MR) is 72.8 cm³/mol. The number of anilines is 1. The molecule has 0 saturated heterocycles. The van der Waals surface area contributed by atoms with Crippen molar-refractivity contribution < 1.29 is 4.39 Å². The number of halogens is 1. The summed E-state index contributed by atoms with van der Waals surface area (Å²) in [6.45, 7) is 6.49. The van der Waals surface area contributed by atoms with Gasteiger partial charge in [-0.2, -0.15) is 0 Å². The lowest BCUT2D eigenvalue weighted by Gasteiger charge is -2.15. The van der Waals surface area contributed by atoms with Crippen molar-refractivity contribution in [2.24, 2.45) is 0 Å². The zero-order valence-corrected chi connectivity index (χ0v) is 11.1. The van der Waals surface area contributed by atoms with Crippen molar-refractivity contribution in [2.45, 2.75) is 26.2 Å². The molecule has 0 aliphatic rings. The third-order valence-corrected chi connectivity index (χ3v) is 4.17. The lowest BCUT2D eigenvalue weighted by Crippen LogP contribution is -2.07. The second kappa shape index (κ2) is 4.15. The van der Waals surface area contributed by atoms with Gasteiger partial charge in [0.25, 0.3) is 0 Å². The Kier molecular flexibility index (Phi) is 2.96. The Morgan fingerprint density at radius 3 is 2.41 bits per heavy atom. The van der Waals surface area contributed by atoms with E-state index >= 15 is 0 Å². The number of thiophene rings is 1. The summed E-state index contributed by atoms with van der Waals surface area (Å²) in [7, 11) is 0. The van der Waals surface area contributed by atoms with Crippen LogP contribution in [0.3, 0.4) is 0 Å². The van der Waals surface area contributed by atoms with Crippen LogP contribution in [0.2, 0.25) is 0 Å². The summed E-state index contributed by atoms with van der Waals surface area (Å²) in [5, 5.41) is 0. The van der Waals surface area contributed by atoms with E-state index < -0.39 is 0 Å². The fraction of sp³-hybridized carbons (Fsp3) is 0.286. The Hall–Kier alpha value is -1.35. The quantitative estimate of drug-likeness (QED) is 0.743. The maximum atomic E-state index is 13.2. The van der Waals surface area contributed by atoms with Gasteiger partial charge < -0.3 is 5.73 Å². The first-order valence-corrected chi connectivity index (χ1v) is 6.35. The average Bonchev–Trinajstić information content (AvgIpc) is 2.70. The molecule has 1 aromatic carbocycles. The maximum absolute atomic E-state index is 13.2. The van der Waals surface area contributed by atoms with Crippen LogP contribution in [0.5, 0.6) is 0 Å². The summed E-state index contributed by atoms with van der Waals surface area (Å²) in [6.07, 6.45) is 0. The number of rotatable bonds is 1. The van der Waals surface area contributed by atoms with Gasteiger partial charge >= 0.3 is 0 Å². The van der Waals surface area contributed by atoms with Gasteiger partial charge in [0.1, 0.15) is 5.82 Å². The standard InChI is InChI=1S/C14H16FNS/c1-14(2,3)13-7-6-12(17-13)10-8-9(15)4-5-11(10)16/h4-8H,16H2,1-3H3. The molecule has 0 radical (unpaired) electrons. The first-order chi connectivity index (χ1) is 7.88. The zero-order valence-electron chi connectivity index (χ0n) is 10.3. The third-order valence-electron chi connectivity index (χ3n) is 2.63. The smallest absolute Gasteiger partial charge is 0.124 e. The molecule has 0 spiro atoms. The molecule has 2 N–H and O–H groups in total. The van der Waals surface area contributed by atoms with E-state index in [2.05, 4.69) is 26.8 Å². The monoisotopic (exact) mass is 249 g/mol. The fourth-order valence-electron chi connectivity index (χ4n) is 1.63. The molecule has 1 nitrogen and oxygen atoms in total. The summed E-state index contributed by atoms with van der Waals surface area (Å²) in [5.74, 6) is -0.250. The highest BCUT2D eigenvalue weighted by Crippen LogP contribution is 2.37. The van der Waals surface area contributed by atoms with Crippen LogP contribution in [0.4, 0.5) is 10.1 Å². The molecule has 0 bridgehead atoms. The van der Waals surface area contributed by atoms with E-state index in [0.29, 0.717) is 5.69 Å². The normalized spacial score (nSPS) is 11.8. The SMILES string of the molecule is CC(C)(C)c1ccc(-c2cc(F)ccc2N)s1. The van der Waals surface area contributed by atoms with Crippen molar-refractivity contribution >= 4 is 17.0 Å². The largest absolute Gasteiger partial charge is 0.398 e. The molecular weight excluding hydrogens is 233 g/mol. The number of hydrogen-bond acceptors (Lipinski definition) is 2. The van der Waals surface area contributed by atoms with Gasteiger partial charge in [-0.1, -0.05) is 20.8 Å². The van der Waals surface area contributed by atoms with Gasteiger partial charge in [0.15, 0.2) is 0 Å². The van der Waals surface area contributed by atoms with E-state index in [1.54, 1.807) is 17.4 Å². The molecule has 1 aromatic heterocycles. The van der Waals surface area contributed by atoms with Crippen LogP contribution in [0.15, 0.2) is 30.3 Å². The summed E-state index contributed by atoms with van der Waals surface area (Å²) >= 11 is 1.67. The van der Waals surface area contributed by atoms with Crippen LogP contribution in [0.1, 0.15) is 25.6 Å². The van der Waals surface area contributed by atoms with Crippen LogP contribution >= 0.6 is 11.3 Å². The van der Waals surface area contributed by atoms with Gasteiger partial charge in [0, 0.05) is 21.0 Å². The second-order valence-corrected chi connectivity index (χ2v) is 6.23. The molecular formula is C14H16FNS. The van der Waals surface area contributed by atoms with E-state index in [0.717, 1.165) is 10.4 Å². The van der Waals surface area contributed by atoms with Gasteiger partial charge in [-0.15, -0.1) is 11.3 Å². The molecule has 0 aliphatic heterocycles. The number of nitrogen functional groups attached to an aromatic ring is 1. The Labute approximate surface area is 105 Å². The van der Waals surface area contributed by atoms with Crippen molar-refractivity contribution in [3.8, 4) is 10.4 Å². The van der Waals surface area contributed by atoms with Gasteiger partial charge in [0.2, 0.25) is 0 Å². The highest BCUT2D eigenvalue weighted by atomic mass is 32.1. The summed E-state index contributed by atoms with van der Waals surface area (Å²) in [6, 6.07) is 8.59. The fourth-order valence-corrected chi connectivity index (χ4v) is 2.73. The Morgan fingerprint density at radius 2 is 1.82 bits per heavy atom. The van der Waals surface area contributed by atoms with E-state index in [-0.39, 0.29) is 11.2 Å². The molecule has 0 atom stereocenters. The predicted octanol–water partition coefficient (Wildman–Crippen LogP) is 4.43. The van der Waals surface area contributed by atoms with Crippen LogP contribution in [0, 0.1) is 5.82 Å². The highest BCUT2D eigenvalue weighted by molar-refractivity contribution is 7.15. The molecule has 3 heteroatoms. The number of nitrogens with two attached hydrogens (primary N) is 1. The van der Waals surface area contributed by atoms with E-state index in [9.17, 15) is 4.39 Å². The van der Waals surface area contributed by atoms with Gasteiger partial charge in [-0.05, 0) is 35.7 Å². The lowest BCUT2D eigenvalue weighted by molar-refractivity contribution is 0.604. The molecule has 0 fully saturated rings. The van der Waals surface area contributed by atoms with Crippen LogP contribution in [-0.4, -0.2) is 0 Å². The van der Waals surface area contributed by atoms with Crippen molar-refractivity contribution in [3.63, 3.8) is 0 Å². The highest BCUT2D eigenvalue weighted by Gasteiger charge is 2.17. The number of hydrogen-bond donors (Lipinski definition) is 1. The average molecular weight is 249 g/mol. The molecule has 90 valence electrons. The summed E-state index contributed by atoms with van der Waals surface area (Å²) in [4.78, 5) is 2.29. The lowest BCUT2D eigenvalue weighted by atomic mass is 9.95. The topological polar surface area (TPSA) is 26.0 Å². The third kappa shape index (κ3) is 2.50. The first-order valence-electron chi connectivity index (χ1n) is 5.53. The minimum absolute atomic E-state index is 0.116. The van der Waals surface area contributed by atoms with Crippen molar-refractivity contribution in [1.82, 2.24) is 0 Å². The Morgan fingerprint density at radius 1 is 1.12 bits per heavy atom. The van der Waals surface area contributed by atoms with Crippen molar-refractivity contribution in [3.05, 3.63) is 41.0 Å². The van der Waals surface area contributed by atoms with E-state index in [1.165, 1.54) is 17.0 Å². The van der Waals surface area contributed by atoms with Gasteiger partial charge in [-0.25, -0.2) is 4.39 Å². The van der Waals surface area contributed by atoms with E-state index in [1.807, 2.05) is 6.07 Å². The molecule has 0 aliphatic carbocycles. The second-order valence-electron chi connectivity index (χ2n) is 5.15. The van der Waals surface area contributed by atoms with Gasteiger partial charge in [0.05, 0.1) is 0 Å². The molecule has 2 aromatic rings. The van der Waals surface area contributed by atoms with Crippen molar-refractivity contribution in [1.29, 1.82) is 0 Å². The molecule has 17 heavy (non-hydrogen) atoms. The van der Waals surface area contributed by atoms with Crippen molar-refractivity contribution in [2.75, 3.05) is 5.73 Å². The Balaban J connectivity index is 2.47. The van der Waals surface area contributed by atoms with Crippen LogP contribution < -0.4 is 5.73 Å². The molecule has 1 heterocycles. The van der Waals surface area contributed by atoms with Crippen LogP contribution in [0.25, 0.3) is 10.4 Å². The molecule has 2 rings (SSSR count). The maximum Gasteiger partial charge on any atom is 0.124 e.